The predicted octanol–water partition coefficient (Wildman–Crippen LogP) is 4.16. The molecule has 0 unspecified atom stereocenters. The number of ketones is 1. The third-order valence-corrected chi connectivity index (χ3v) is 3.06. The van der Waals surface area contributed by atoms with E-state index in [4.69, 9.17) is 11.6 Å². The molecule has 2 N–H and O–H groups in total. The van der Waals surface area contributed by atoms with Crippen LogP contribution in [0.5, 0.6) is 5.75 Å². The van der Waals surface area contributed by atoms with Gasteiger partial charge in [-0.1, -0.05) is 11.6 Å². The first kappa shape index (κ1) is 14.2. The van der Waals surface area contributed by atoms with Gasteiger partial charge in [-0.25, -0.2) is 0 Å². The monoisotopic (exact) mass is 287 g/mol. The second-order valence-corrected chi connectivity index (χ2v) is 4.78. The lowest BCUT2D eigenvalue weighted by molar-refractivity contribution is 0.104. The number of allylic oxidation sites excluding steroid dienone is 1. The topological polar surface area (TPSA) is 49.3 Å². The van der Waals surface area contributed by atoms with Crippen molar-refractivity contribution in [2.24, 2.45) is 0 Å². The number of halogens is 1. The molecule has 0 saturated carbocycles. The molecule has 0 amide bonds. The highest BCUT2D eigenvalue weighted by atomic mass is 35.5. The smallest absolute Gasteiger partial charge is 0.187 e. The van der Waals surface area contributed by atoms with Crippen LogP contribution in [-0.2, 0) is 0 Å². The Bertz CT molecular complexity index is 648. The Balaban J connectivity index is 2.02. The second-order valence-electron chi connectivity index (χ2n) is 4.35. The van der Waals surface area contributed by atoms with Crippen molar-refractivity contribution in [2.45, 2.75) is 6.92 Å². The fraction of sp³-hybridized carbons (Fsp3) is 0.0625. The van der Waals surface area contributed by atoms with E-state index in [-0.39, 0.29) is 11.5 Å². The average molecular weight is 288 g/mol. The molecule has 102 valence electrons. The summed E-state index contributed by atoms with van der Waals surface area (Å²) in [6, 6.07) is 11.7. The number of anilines is 1. The van der Waals surface area contributed by atoms with Crippen molar-refractivity contribution in [1.82, 2.24) is 0 Å². The zero-order valence-electron chi connectivity index (χ0n) is 10.9. The first-order valence-electron chi connectivity index (χ1n) is 6.09. The van der Waals surface area contributed by atoms with Crippen molar-refractivity contribution in [3.05, 3.63) is 70.9 Å². The molecule has 0 aliphatic rings. The summed E-state index contributed by atoms with van der Waals surface area (Å²) < 4.78 is 0. The van der Waals surface area contributed by atoms with E-state index in [1.807, 2.05) is 6.92 Å². The Hall–Kier alpha value is -2.26. The minimum atomic E-state index is -0.106. The molecule has 0 radical (unpaired) electrons. The van der Waals surface area contributed by atoms with Crippen LogP contribution in [0.2, 0.25) is 5.02 Å². The van der Waals surface area contributed by atoms with Gasteiger partial charge >= 0.3 is 0 Å². The first-order chi connectivity index (χ1) is 9.56. The van der Waals surface area contributed by atoms with Gasteiger partial charge in [-0.05, 0) is 55.0 Å². The van der Waals surface area contributed by atoms with Crippen LogP contribution in [0, 0.1) is 6.92 Å². The van der Waals surface area contributed by atoms with Gasteiger partial charge in [0, 0.05) is 28.5 Å². The van der Waals surface area contributed by atoms with E-state index >= 15 is 0 Å². The normalized spacial score (nSPS) is 10.7. The maximum atomic E-state index is 11.9. The minimum Gasteiger partial charge on any atom is -0.508 e. The van der Waals surface area contributed by atoms with Crippen molar-refractivity contribution in [3.8, 4) is 5.75 Å². The number of nitrogens with one attached hydrogen (secondary N) is 1. The van der Waals surface area contributed by atoms with Crippen LogP contribution in [0.3, 0.4) is 0 Å². The van der Waals surface area contributed by atoms with Gasteiger partial charge in [-0.3, -0.25) is 4.79 Å². The summed E-state index contributed by atoms with van der Waals surface area (Å²) in [6.07, 6.45) is 3.03. The fourth-order valence-corrected chi connectivity index (χ4v) is 1.85. The summed E-state index contributed by atoms with van der Waals surface area (Å²) in [5.74, 6) is 0.111. The lowest BCUT2D eigenvalue weighted by atomic mass is 10.1. The molecule has 2 aromatic carbocycles. The molecule has 0 bridgehead atoms. The van der Waals surface area contributed by atoms with Gasteiger partial charge < -0.3 is 10.4 Å². The standard InChI is InChI=1S/C16H14ClNO2/c1-11-10-14(19)6-7-15(11)18-9-8-16(20)12-2-4-13(17)5-3-12/h2-10,18-19H,1H3. The van der Waals surface area contributed by atoms with Gasteiger partial charge in [-0.15, -0.1) is 0 Å². The molecule has 2 aromatic rings. The van der Waals surface area contributed by atoms with E-state index in [1.165, 1.54) is 6.08 Å². The van der Waals surface area contributed by atoms with Gasteiger partial charge in [0.2, 0.25) is 0 Å². The molecule has 0 aromatic heterocycles. The minimum absolute atomic E-state index is 0.106. The second kappa shape index (κ2) is 6.26. The molecule has 4 heteroatoms. The van der Waals surface area contributed by atoms with E-state index in [0.29, 0.717) is 10.6 Å². The molecular formula is C16H14ClNO2. The number of hydrogen-bond donors (Lipinski definition) is 2. The molecule has 0 atom stereocenters. The number of phenolic OH excluding ortho intramolecular Hbond substituents is 1. The summed E-state index contributed by atoms with van der Waals surface area (Å²) in [4.78, 5) is 11.9. The van der Waals surface area contributed by atoms with Crippen molar-refractivity contribution >= 4 is 23.1 Å². The van der Waals surface area contributed by atoms with E-state index in [9.17, 15) is 9.90 Å². The summed E-state index contributed by atoms with van der Waals surface area (Å²) in [6.45, 7) is 1.87. The van der Waals surface area contributed by atoms with Crippen LogP contribution in [0.4, 0.5) is 5.69 Å². The molecule has 0 saturated heterocycles. The summed E-state index contributed by atoms with van der Waals surface area (Å²) in [5, 5.41) is 12.9. The summed E-state index contributed by atoms with van der Waals surface area (Å²) >= 11 is 5.77. The molecule has 0 heterocycles. The predicted molar refractivity (Wildman–Crippen MR) is 81.4 cm³/mol. The number of aromatic hydroxyl groups is 1. The Morgan fingerprint density at radius 1 is 1.20 bits per heavy atom. The van der Waals surface area contributed by atoms with Crippen LogP contribution >= 0.6 is 11.6 Å². The molecule has 0 aliphatic heterocycles. The van der Waals surface area contributed by atoms with E-state index in [1.54, 1.807) is 48.7 Å². The molecule has 0 fully saturated rings. The maximum Gasteiger partial charge on any atom is 0.187 e. The molecule has 0 spiro atoms. The van der Waals surface area contributed by atoms with Crippen LogP contribution < -0.4 is 5.32 Å². The van der Waals surface area contributed by atoms with Gasteiger partial charge in [0.25, 0.3) is 0 Å². The third kappa shape index (κ3) is 3.62. The first-order valence-corrected chi connectivity index (χ1v) is 6.46. The van der Waals surface area contributed by atoms with Crippen molar-refractivity contribution in [1.29, 1.82) is 0 Å². The molecule has 20 heavy (non-hydrogen) atoms. The maximum absolute atomic E-state index is 11.9. The van der Waals surface area contributed by atoms with Crippen molar-refractivity contribution in [2.75, 3.05) is 5.32 Å². The number of hydrogen-bond acceptors (Lipinski definition) is 3. The van der Waals surface area contributed by atoms with E-state index < -0.39 is 0 Å². The number of carbonyl (C=O) groups is 1. The average Bonchev–Trinajstić information content (AvgIpc) is 2.42. The van der Waals surface area contributed by atoms with Gasteiger partial charge in [0.1, 0.15) is 5.75 Å². The number of aryl methyl sites for hydroxylation is 1. The lowest BCUT2D eigenvalue weighted by Gasteiger charge is -2.05. The zero-order chi connectivity index (χ0) is 14.5. The van der Waals surface area contributed by atoms with E-state index in [0.717, 1.165) is 11.3 Å². The quantitative estimate of drug-likeness (QED) is 0.504. The van der Waals surface area contributed by atoms with Gasteiger partial charge in [0.05, 0.1) is 0 Å². The Labute approximate surface area is 122 Å². The van der Waals surface area contributed by atoms with Gasteiger partial charge in [0.15, 0.2) is 5.78 Å². The number of carbonyl (C=O) groups excluding carboxylic acids is 1. The van der Waals surface area contributed by atoms with Crippen LogP contribution in [0.1, 0.15) is 15.9 Å². The van der Waals surface area contributed by atoms with Crippen molar-refractivity contribution < 1.29 is 9.90 Å². The Morgan fingerprint density at radius 2 is 1.90 bits per heavy atom. The Kier molecular flexibility index (Phi) is 4.43. The van der Waals surface area contributed by atoms with E-state index in [2.05, 4.69) is 5.32 Å². The van der Waals surface area contributed by atoms with Gasteiger partial charge in [-0.2, -0.15) is 0 Å². The zero-order valence-corrected chi connectivity index (χ0v) is 11.7. The molecule has 0 aliphatic carbocycles. The summed E-state index contributed by atoms with van der Waals surface area (Å²) in [5.41, 5.74) is 2.31. The largest absolute Gasteiger partial charge is 0.508 e. The SMILES string of the molecule is Cc1cc(O)ccc1NC=CC(=O)c1ccc(Cl)cc1. The highest BCUT2D eigenvalue weighted by molar-refractivity contribution is 6.30. The number of benzene rings is 2. The highest BCUT2D eigenvalue weighted by Gasteiger charge is 2.01. The highest BCUT2D eigenvalue weighted by Crippen LogP contribution is 2.20. The molecule has 2 rings (SSSR count). The molecule has 3 nitrogen and oxygen atoms in total. The van der Waals surface area contributed by atoms with Crippen LogP contribution in [-0.4, -0.2) is 10.9 Å². The number of phenols is 1. The number of rotatable bonds is 4. The van der Waals surface area contributed by atoms with Crippen LogP contribution in [0.15, 0.2) is 54.7 Å². The lowest BCUT2D eigenvalue weighted by Crippen LogP contribution is -1.96. The summed E-state index contributed by atoms with van der Waals surface area (Å²) in [7, 11) is 0. The van der Waals surface area contributed by atoms with Crippen molar-refractivity contribution in [3.63, 3.8) is 0 Å². The Morgan fingerprint density at radius 3 is 2.55 bits per heavy atom. The fourth-order valence-electron chi connectivity index (χ4n) is 1.73. The molecular weight excluding hydrogens is 274 g/mol. The van der Waals surface area contributed by atoms with Crippen LogP contribution in [0.25, 0.3) is 0 Å². The third-order valence-electron chi connectivity index (χ3n) is 2.81.